The summed E-state index contributed by atoms with van der Waals surface area (Å²) in [4.78, 5) is 13.7. The fourth-order valence-corrected chi connectivity index (χ4v) is 3.81. The number of fused-ring (bicyclic) bond motifs is 1. The van der Waals surface area contributed by atoms with Crippen LogP contribution < -0.4 is 4.74 Å². The highest BCUT2D eigenvalue weighted by Crippen LogP contribution is 2.32. The van der Waals surface area contributed by atoms with Gasteiger partial charge in [-0.25, -0.2) is 15.0 Å². The van der Waals surface area contributed by atoms with Gasteiger partial charge in [0.05, 0.1) is 7.11 Å². The van der Waals surface area contributed by atoms with Crippen LogP contribution in [-0.2, 0) is 4.74 Å². The number of methoxy groups -OCH3 is 1. The van der Waals surface area contributed by atoms with Crippen molar-refractivity contribution in [2.45, 2.75) is 25.5 Å². The number of hydrogen-bond donors (Lipinski definition) is 0. The van der Waals surface area contributed by atoms with E-state index in [2.05, 4.69) is 37.1 Å². The van der Waals surface area contributed by atoms with E-state index in [1.165, 1.54) is 0 Å². The fraction of sp³-hybridized carbons (Fsp3) is 0.353. The molecule has 1 unspecified atom stereocenters. The Morgan fingerprint density at radius 3 is 2.75 bits per heavy atom. The average Bonchev–Trinajstić information content (AvgIpc) is 2.98. The van der Waals surface area contributed by atoms with Crippen LogP contribution in [0, 0.1) is 3.83 Å². The molecule has 1 aromatic carbocycles. The first-order valence-corrected chi connectivity index (χ1v) is 9.00. The minimum Gasteiger partial charge on any atom is -0.497 e. The lowest BCUT2D eigenvalue weighted by Gasteiger charge is -2.24. The Balaban J connectivity index is 1.82. The van der Waals surface area contributed by atoms with Gasteiger partial charge in [-0.2, -0.15) is 0 Å². The van der Waals surface area contributed by atoms with E-state index in [9.17, 15) is 0 Å². The molecule has 3 aromatic rings. The van der Waals surface area contributed by atoms with Gasteiger partial charge in [0.1, 0.15) is 29.5 Å². The molecule has 1 atom stereocenters. The third kappa shape index (κ3) is 2.75. The molecule has 1 fully saturated rings. The van der Waals surface area contributed by atoms with Crippen LogP contribution in [-0.4, -0.2) is 33.2 Å². The van der Waals surface area contributed by atoms with Crippen molar-refractivity contribution >= 4 is 33.8 Å². The van der Waals surface area contributed by atoms with Gasteiger partial charge in [-0.15, -0.1) is 0 Å². The minimum absolute atomic E-state index is 0.00858. The summed E-state index contributed by atoms with van der Waals surface area (Å²) < 4.78 is 14.1. The molecule has 3 heterocycles. The Labute approximate surface area is 153 Å². The monoisotopic (exact) mass is 436 g/mol. The van der Waals surface area contributed by atoms with Crippen LogP contribution >= 0.6 is 22.6 Å². The quantitative estimate of drug-likeness (QED) is 0.462. The van der Waals surface area contributed by atoms with E-state index >= 15 is 0 Å². The maximum atomic E-state index is 5.93. The molecule has 124 valence electrons. The molecule has 2 aromatic heterocycles. The van der Waals surface area contributed by atoms with Crippen LogP contribution in [0.25, 0.3) is 22.4 Å². The number of benzene rings is 1. The van der Waals surface area contributed by atoms with Crippen LogP contribution in [0.3, 0.4) is 0 Å². The molecule has 1 saturated heterocycles. The summed E-state index contributed by atoms with van der Waals surface area (Å²) in [5.41, 5.74) is 3.46. The molecule has 0 bridgehead atoms. The predicted octanol–water partition coefficient (Wildman–Crippen LogP) is 3.81. The van der Waals surface area contributed by atoms with Crippen LogP contribution in [0.4, 0.5) is 0 Å². The first-order chi connectivity index (χ1) is 11.8. The molecule has 1 aliphatic rings. The molecule has 0 amide bonds. The van der Waals surface area contributed by atoms with Gasteiger partial charge < -0.3 is 9.47 Å². The summed E-state index contributed by atoms with van der Waals surface area (Å²) in [5.74, 6) is 0.819. The van der Waals surface area contributed by atoms with Gasteiger partial charge in [0.15, 0.2) is 9.48 Å². The molecule has 0 N–H and O–H groups in total. The van der Waals surface area contributed by atoms with Crippen molar-refractivity contribution in [3.8, 4) is 17.0 Å². The zero-order chi connectivity index (χ0) is 16.5. The maximum Gasteiger partial charge on any atom is 0.175 e. The number of aromatic nitrogens is 4. The minimum atomic E-state index is 0.00858. The standard InChI is InChI=1S/C17H17IN4O2/c1-23-12-7-5-11(6-8-12)14-15-16(20-10-19-14)22(17(18)21-15)13-4-2-3-9-24-13/h5-8,10,13H,2-4,9H2,1H3. The van der Waals surface area contributed by atoms with Gasteiger partial charge in [0.2, 0.25) is 0 Å². The lowest BCUT2D eigenvalue weighted by atomic mass is 10.1. The maximum absolute atomic E-state index is 5.93. The summed E-state index contributed by atoms with van der Waals surface area (Å²) in [6, 6.07) is 7.83. The van der Waals surface area contributed by atoms with Crippen LogP contribution in [0.15, 0.2) is 30.6 Å². The van der Waals surface area contributed by atoms with Gasteiger partial charge >= 0.3 is 0 Å². The van der Waals surface area contributed by atoms with Crippen LogP contribution in [0.5, 0.6) is 5.75 Å². The van der Waals surface area contributed by atoms with Crippen molar-refractivity contribution in [1.29, 1.82) is 0 Å². The van der Waals surface area contributed by atoms with E-state index in [-0.39, 0.29) is 6.23 Å². The zero-order valence-electron chi connectivity index (χ0n) is 13.3. The molecule has 0 spiro atoms. The smallest absolute Gasteiger partial charge is 0.175 e. The normalized spacial score (nSPS) is 18.0. The molecule has 6 nitrogen and oxygen atoms in total. The average molecular weight is 436 g/mol. The van der Waals surface area contributed by atoms with Crippen LogP contribution in [0.2, 0.25) is 0 Å². The molecular weight excluding hydrogens is 419 g/mol. The number of ether oxygens (including phenoxy) is 2. The Morgan fingerprint density at radius 1 is 1.21 bits per heavy atom. The molecule has 4 rings (SSSR count). The molecule has 0 radical (unpaired) electrons. The summed E-state index contributed by atoms with van der Waals surface area (Å²) in [6.07, 6.45) is 4.87. The lowest BCUT2D eigenvalue weighted by molar-refractivity contribution is -0.0313. The van der Waals surface area contributed by atoms with Crippen molar-refractivity contribution in [1.82, 2.24) is 19.5 Å². The molecule has 0 aliphatic carbocycles. The first-order valence-electron chi connectivity index (χ1n) is 7.92. The van der Waals surface area contributed by atoms with Crippen molar-refractivity contribution in [3.63, 3.8) is 0 Å². The topological polar surface area (TPSA) is 62.1 Å². The molecular formula is C17H17IN4O2. The summed E-state index contributed by atoms with van der Waals surface area (Å²) in [6.45, 7) is 0.789. The largest absolute Gasteiger partial charge is 0.497 e. The Hall–Kier alpha value is -1.74. The molecule has 0 saturated carbocycles. The number of hydrogen-bond acceptors (Lipinski definition) is 5. The molecule has 24 heavy (non-hydrogen) atoms. The fourth-order valence-electron chi connectivity index (χ4n) is 3.02. The highest BCUT2D eigenvalue weighted by Gasteiger charge is 2.23. The second kappa shape index (κ2) is 6.64. The summed E-state index contributed by atoms with van der Waals surface area (Å²) in [7, 11) is 1.66. The van der Waals surface area contributed by atoms with Crippen molar-refractivity contribution in [2.75, 3.05) is 13.7 Å². The second-order valence-electron chi connectivity index (χ2n) is 5.70. The van der Waals surface area contributed by atoms with E-state index < -0.39 is 0 Å². The molecule has 7 heteroatoms. The van der Waals surface area contributed by atoms with Gasteiger partial charge in [0.25, 0.3) is 0 Å². The van der Waals surface area contributed by atoms with Gasteiger partial charge in [-0.3, -0.25) is 4.57 Å². The molecule has 1 aliphatic heterocycles. The third-order valence-corrected chi connectivity index (χ3v) is 5.00. The van der Waals surface area contributed by atoms with Gasteiger partial charge in [-0.1, -0.05) is 0 Å². The third-order valence-electron chi connectivity index (χ3n) is 4.24. The number of nitrogens with zero attached hydrogens (tertiary/aromatic N) is 4. The first kappa shape index (κ1) is 15.8. The number of halogens is 1. The van der Waals surface area contributed by atoms with Crippen LogP contribution in [0.1, 0.15) is 25.5 Å². The van der Waals surface area contributed by atoms with Gasteiger partial charge in [-0.05, 0) is 43.5 Å². The number of imidazole rings is 1. The van der Waals surface area contributed by atoms with E-state index in [0.29, 0.717) is 0 Å². The lowest BCUT2D eigenvalue weighted by Crippen LogP contribution is -2.19. The summed E-state index contributed by atoms with van der Waals surface area (Å²) in [5, 5.41) is 0. The second-order valence-corrected chi connectivity index (χ2v) is 6.66. The van der Waals surface area contributed by atoms with Crippen molar-refractivity contribution < 1.29 is 9.47 Å². The Bertz CT molecular complexity index is 857. The van der Waals surface area contributed by atoms with Gasteiger partial charge in [0, 0.05) is 34.8 Å². The zero-order valence-corrected chi connectivity index (χ0v) is 15.4. The highest BCUT2D eigenvalue weighted by molar-refractivity contribution is 14.1. The van der Waals surface area contributed by atoms with E-state index in [1.807, 2.05) is 24.3 Å². The van der Waals surface area contributed by atoms with Crippen molar-refractivity contribution in [2.24, 2.45) is 0 Å². The van der Waals surface area contributed by atoms with Crippen molar-refractivity contribution in [3.05, 3.63) is 34.4 Å². The Kier molecular flexibility index (Phi) is 4.36. The predicted molar refractivity (Wildman–Crippen MR) is 98.9 cm³/mol. The van der Waals surface area contributed by atoms with E-state index in [1.54, 1.807) is 13.4 Å². The number of rotatable bonds is 3. The van der Waals surface area contributed by atoms with E-state index in [0.717, 1.165) is 57.9 Å². The highest BCUT2D eigenvalue weighted by atomic mass is 127. The SMILES string of the molecule is COc1ccc(-c2ncnc3c2nc(I)n3C2CCCCO2)cc1. The van der Waals surface area contributed by atoms with E-state index in [4.69, 9.17) is 14.5 Å². The summed E-state index contributed by atoms with van der Waals surface area (Å²) >= 11 is 2.25. The Morgan fingerprint density at radius 2 is 2.04 bits per heavy atom.